The summed E-state index contributed by atoms with van der Waals surface area (Å²) in [4.78, 5) is 38.9. The second kappa shape index (κ2) is 7.92. The first-order valence-corrected chi connectivity index (χ1v) is 8.92. The number of aromatic nitrogens is 1. The standard InChI is InChI=1S/C18H16N4O4S/c1-21-14-4-2-3-5-15(14)27-18(21)20-16(23)10-11-19-17(24)12-6-8-13(9-7-12)22(25)26/h2-9H,10-11H2,1H3,(H,19,24). The zero-order valence-corrected chi connectivity index (χ0v) is 15.2. The number of carbonyl (C=O) groups is 2. The fourth-order valence-corrected chi connectivity index (χ4v) is 3.51. The zero-order chi connectivity index (χ0) is 19.4. The van der Waals surface area contributed by atoms with Gasteiger partial charge in [-0.15, -0.1) is 0 Å². The van der Waals surface area contributed by atoms with Gasteiger partial charge in [-0.05, 0) is 24.3 Å². The van der Waals surface area contributed by atoms with Gasteiger partial charge in [-0.25, -0.2) is 0 Å². The minimum Gasteiger partial charge on any atom is -0.352 e. The Balaban J connectivity index is 1.59. The predicted molar refractivity (Wildman–Crippen MR) is 101 cm³/mol. The van der Waals surface area contributed by atoms with Crippen molar-refractivity contribution in [2.24, 2.45) is 12.0 Å². The van der Waals surface area contributed by atoms with Crippen molar-refractivity contribution in [2.45, 2.75) is 6.42 Å². The highest BCUT2D eigenvalue weighted by Crippen LogP contribution is 2.15. The molecule has 0 saturated carbocycles. The van der Waals surface area contributed by atoms with E-state index in [1.807, 2.05) is 35.9 Å². The number of non-ortho nitro benzene ring substituents is 1. The van der Waals surface area contributed by atoms with E-state index < -0.39 is 10.8 Å². The second-order valence-electron chi connectivity index (χ2n) is 5.73. The lowest BCUT2D eigenvalue weighted by atomic mass is 10.2. The van der Waals surface area contributed by atoms with Crippen molar-refractivity contribution in [1.29, 1.82) is 0 Å². The quantitative estimate of drug-likeness (QED) is 0.538. The highest BCUT2D eigenvalue weighted by molar-refractivity contribution is 7.16. The number of carbonyl (C=O) groups excluding carboxylic acids is 2. The van der Waals surface area contributed by atoms with Crippen LogP contribution in [0.4, 0.5) is 5.69 Å². The van der Waals surface area contributed by atoms with Gasteiger partial charge in [-0.1, -0.05) is 23.5 Å². The predicted octanol–water partition coefficient (Wildman–Crippen LogP) is 2.40. The van der Waals surface area contributed by atoms with E-state index in [0.717, 1.165) is 10.2 Å². The van der Waals surface area contributed by atoms with Crippen molar-refractivity contribution in [1.82, 2.24) is 9.88 Å². The number of nitrogens with zero attached hydrogens (tertiary/aromatic N) is 3. The third kappa shape index (κ3) is 4.26. The van der Waals surface area contributed by atoms with Crippen LogP contribution in [-0.2, 0) is 11.8 Å². The first-order valence-electron chi connectivity index (χ1n) is 8.10. The highest BCUT2D eigenvalue weighted by atomic mass is 32.1. The molecule has 1 aromatic heterocycles. The number of amides is 2. The summed E-state index contributed by atoms with van der Waals surface area (Å²) in [6, 6.07) is 13.0. The maximum absolute atomic E-state index is 12.1. The van der Waals surface area contributed by atoms with Crippen LogP contribution in [0.2, 0.25) is 0 Å². The molecule has 0 radical (unpaired) electrons. The summed E-state index contributed by atoms with van der Waals surface area (Å²) in [6.45, 7) is 0.132. The van der Waals surface area contributed by atoms with Crippen LogP contribution < -0.4 is 10.1 Å². The maximum Gasteiger partial charge on any atom is 0.269 e. The number of hydrogen-bond donors (Lipinski definition) is 1. The number of benzene rings is 2. The van der Waals surface area contributed by atoms with E-state index in [2.05, 4.69) is 10.3 Å². The molecule has 3 rings (SSSR count). The van der Waals surface area contributed by atoms with Gasteiger partial charge in [0.1, 0.15) is 0 Å². The molecule has 0 saturated heterocycles. The Morgan fingerprint density at radius 1 is 1.19 bits per heavy atom. The van der Waals surface area contributed by atoms with E-state index >= 15 is 0 Å². The molecule has 9 heteroatoms. The topological polar surface area (TPSA) is 107 Å². The van der Waals surface area contributed by atoms with Crippen LogP contribution in [-0.4, -0.2) is 27.8 Å². The summed E-state index contributed by atoms with van der Waals surface area (Å²) in [7, 11) is 1.85. The van der Waals surface area contributed by atoms with Crippen molar-refractivity contribution >= 4 is 39.1 Å². The molecule has 0 aliphatic heterocycles. The Morgan fingerprint density at radius 2 is 1.89 bits per heavy atom. The summed E-state index contributed by atoms with van der Waals surface area (Å²) >= 11 is 1.43. The lowest BCUT2D eigenvalue weighted by Crippen LogP contribution is -2.26. The zero-order valence-electron chi connectivity index (χ0n) is 14.4. The van der Waals surface area contributed by atoms with Crippen LogP contribution in [0, 0.1) is 10.1 Å². The minimum absolute atomic E-state index is 0.0625. The number of aryl methyl sites for hydroxylation is 1. The molecule has 8 nitrogen and oxygen atoms in total. The van der Waals surface area contributed by atoms with Crippen LogP contribution >= 0.6 is 11.3 Å². The molecule has 0 bridgehead atoms. The van der Waals surface area contributed by atoms with Crippen molar-refractivity contribution in [2.75, 3.05) is 6.54 Å². The molecule has 3 aromatic rings. The molecule has 0 spiro atoms. The van der Waals surface area contributed by atoms with Crippen LogP contribution in [0.15, 0.2) is 53.5 Å². The molecule has 1 N–H and O–H groups in total. The minimum atomic E-state index is -0.532. The van der Waals surface area contributed by atoms with Gasteiger partial charge < -0.3 is 9.88 Å². The number of hydrogen-bond acceptors (Lipinski definition) is 5. The van der Waals surface area contributed by atoms with Crippen molar-refractivity contribution in [3.8, 4) is 0 Å². The highest BCUT2D eigenvalue weighted by Gasteiger charge is 2.10. The fraction of sp³-hybridized carbons (Fsp3) is 0.167. The lowest BCUT2D eigenvalue weighted by Gasteiger charge is -2.03. The van der Waals surface area contributed by atoms with Gasteiger partial charge >= 0.3 is 0 Å². The van der Waals surface area contributed by atoms with E-state index in [1.54, 1.807) is 0 Å². The Kier molecular flexibility index (Phi) is 5.41. The number of para-hydroxylation sites is 1. The number of rotatable bonds is 5. The molecule has 2 aromatic carbocycles. The molecule has 0 aliphatic carbocycles. The first-order chi connectivity index (χ1) is 13.0. The molecule has 138 valence electrons. The van der Waals surface area contributed by atoms with E-state index in [4.69, 9.17) is 0 Å². The molecule has 0 atom stereocenters. The smallest absolute Gasteiger partial charge is 0.269 e. The molecule has 2 amide bonds. The summed E-state index contributed by atoms with van der Waals surface area (Å²) in [5.41, 5.74) is 1.21. The summed E-state index contributed by atoms with van der Waals surface area (Å²) in [5.74, 6) is -0.730. The van der Waals surface area contributed by atoms with Gasteiger partial charge in [0.25, 0.3) is 11.6 Å². The van der Waals surface area contributed by atoms with E-state index in [-0.39, 0.29) is 24.6 Å². The van der Waals surface area contributed by atoms with Crippen LogP contribution in [0.25, 0.3) is 10.2 Å². The van der Waals surface area contributed by atoms with E-state index in [9.17, 15) is 19.7 Å². The number of nitro benzene ring substituents is 1. The van der Waals surface area contributed by atoms with Crippen molar-refractivity contribution in [3.63, 3.8) is 0 Å². The number of thiazole rings is 1. The number of fused-ring (bicyclic) bond motifs is 1. The lowest BCUT2D eigenvalue weighted by molar-refractivity contribution is -0.384. The summed E-state index contributed by atoms with van der Waals surface area (Å²) < 4.78 is 2.89. The maximum atomic E-state index is 12.1. The Bertz CT molecular complexity index is 1080. The van der Waals surface area contributed by atoms with Gasteiger partial charge in [-0.3, -0.25) is 19.7 Å². The SMILES string of the molecule is Cn1c(=NC(=O)CCNC(=O)c2ccc([N+](=O)[O-])cc2)sc2ccccc21. The van der Waals surface area contributed by atoms with E-state index in [1.165, 1.54) is 35.6 Å². The Labute approximate surface area is 157 Å². The molecule has 0 fully saturated rings. The molecular formula is C18H16N4O4S. The Morgan fingerprint density at radius 3 is 2.56 bits per heavy atom. The fourth-order valence-electron chi connectivity index (χ4n) is 2.47. The van der Waals surface area contributed by atoms with Gasteiger partial charge in [0, 0.05) is 37.7 Å². The average molecular weight is 384 g/mol. The van der Waals surface area contributed by atoms with Crippen molar-refractivity contribution in [3.05, 3.63) is 69.0 Å². The first kappa shape index (κ1) is 18.5. The largest absolute Gasteiger partial charge is 0.352 e. The molecular weight excluding hydrogens is 368 g/mol. The number of nitro groups is 1. The molecule has 0 unspecified atom stereocenters. The van der Waals surface area contributed by atoms with Gasteiger partial charge in [0.05, 0.1) is 15.1 Å². The Hall–Kier alpha value is -3.33. The van der Waals surface area contributed by atoms with Crippen LogP contribution in [0.3, 0.4) is 0 Å². The molecule has 1 heterocycles. The average Bonchev–Trinajstić information content (AvgIpc) is 2.97. The van der Waals surface area contributed by atoms with E-state index in [0.29, 0.717) is 10.4 Å². The third-order valence-electron chi connectivity index (χ3n) is 3.90. The third-order valence-corrected chi connectivity index (χ3v) is 5.01. The monoisotopic (exact) mass is 384 g/mol. The number of nitrogens with one attached hydrogen (secondary N) is 1. The summed E-state index contributed by atoms with van der Waals surface area (Å²) in [5, 5.41) is 13.2. The van der Waals surface area contributed by atoms with Gasteiger partial charge in [0.2, 0.25) is 5.91 Å². The molecule has 0 aliphatic rings. The van der Waals surface area contributed by atoms with Gasteiger partial charge in [-0.2, -0.15) is 4.99 Å². The van der Waals surface area contributed by atoms with Crippen LogP contribution in [0.1, 0.15) is 16.8 Å². The molecule has 27 heavy (non-hydrogen) atoms. The second-order valence-corrected chi connectivity index (χ2v) is 6.74. The van der Waals surface area contributed by atoms with Gasteiger partial charge in [0.15, 0.2) is 4.80 Å². The van der Waals surface area contributed by atoms with Crippen LogP contribution in [0.5, 0.6) is 0 Å². The van der Waals surface area contributed by atoms with Crippen molar-refractivity contribution < 1.29 is 14.5 Å². The normalized spacial score (nSPS) is 11.5. The summed E-state index contributed by atoms with van der Waals surface area (Å²) in [6.07, 6.45) is 0.0625.